The second-order valence-electron chi connectivity index (χ2n) is 8.22. The molecule has 6 nitrogen and oxygen atoms in total. The van der Waals surface area contributed by atoms with Gasteiger partial charge in [0.05, 0.1) is 19.9 Å². The van der Waals surface area contributed by atoms with Gasteiger partial charge in [-0.2, -0.15) is 0 Å². The number of para-hydroxylation sites is 2. The second-order valence-corrected chi connectivity index (χ2v) is 8.22. The molecule has 0 aromatic heterocycles. The minimum Gasteiger partial charge on any atom is -0.508 e. The molecule has 2 heterocycles. The molecule has 2 aromatic rings. The topological polar surface area (TPSA) is 48.4 Å². The standard InChI is InChI=1S/C24H33N3O3/c1-29-21-9-10-23(28)19(16-21)17-25-11-5-6-20(18-25)26-12-14-27(15-13-26)22-7-3-4-8-24(22)30-2/h3-4,7-10,16,20,28H,5-6,11-15,17-18H2,1-2H3/t20-/m0/s1. The monoisotopic (exact) mass is 411 g/mol. The summed E-state index contributed by atoms with van der Waals surface area (Å²) < 4.78 is 10.9. The Labute approximate surface area is 179 Å². The van der Waals surface area contributed by atoms with Crippen molar-refractivity contribution in [2.75, 3.05) is 58.4 Å². The molecule has 0 unspecified atom stereocenters. The van der Waals surface area contributed by atoms with Crippen molar-refractivity contribution < 1.29 is 14.6 Å². The lowest BCUT2D eigenvalue weighted by Crippen LogP contribution is -2.55. The Bertz CT molecular complexity index is 836. The van der Waals surface area contributed by atoms with Gasteiger partial charge in [-0.3, -0.25) is 9.80 Å². The second kappa shape index (κ2) is 9.58. The lowest BCUT2D eigenvalue weighted by atomic mass is 10.0. The van der Waals surface area contributed by atoms with Crippen LogP contribution in [0.3, 0.4) is 0 Å². The van der Waals surface area contributed by atoms with E-state index in [1.54, 1.807) is 26.4 Å². The lowest BCUT2D eigenvalue weighted by Gasteiger charge is -2.44. The predicted molar refractivity (Wildman–Crippen MR) is 120 cm³/mol. The maximum Gasteiger partial charge on any atom is 0.142 e. The minimum absolute atomic E-state index is 0.350. The number of aromatic hydroxyl groups is 1. The maximum atomic E-state index is 10.2. The van der Waals surface area contributed by atoms with E-state index in [4.69, 9.17) is 9.47 Å². The van der Waals surface area contributed by atoms with Crippen LogP contribution in [0.4, 0.5) is 5.69 Å². The summed E-state index contributed by atoms with van der Waals surface area (Å²) in [7, 11) is 3.41. The van der Waals surface area contributed by atoms with Crippen LogP contribution < -0.4 is 14.4 Å². The van der Waals surface area contributed by atoms with Crippen molar-refractivity contribution in [3.05, 3.63) is 48.0 Å². The van der Waals surface area contributed by atoms with E-state index >= 15 is 0 Å². The first kappa shape index (κ1) is 20.8. The maximum absolute atomic E-state index is 10.2. The van der Waals surface area contributed by atoms with Gasteiger partial charge in [-0.1, -0.05) is 12.1 Å². The summed E-state index contributed by atoms with van der Waals surface area (Å²) in [6.07, 6.45) is 2.44. The van der Waals surface area contributed by atoms with Crippen LogP contribution in [0, 0.1) is 0 Å². The first-order valence-electron chi connectivity index (χ1n) is 10.9. The van der Waals surface area contributed by atoms with Gasteiger partial charge in [0, 0.05) is 50.9 Å². The summed E-state index contributed by atoms with van der Waals surface area (Å²) in [4.78, 5) is 7.54. The van der Waals surface area contributed by atoms with E-state index in [9.17, 15) is 5.11 Å². The van der Waals surface area contributed by atoms with Crippen molar-refractivity contribution in [2.24, 2.45) is 0 Å². The first-order chi connectivity index (χ1) is 14.7. The molecule has 0 spiro atoms. The zero-order chi connectivity index (χ0) is 20.9. The fraction of sp³-hybridized carbons (Fsp3) is 0.500. The van der Waals surface area contributed by atoms with E-state index in [1.807, 2.05) is 18.2 Å². The van der Waals surface area contributed by atoms with Crippen molar-refractivity contribution in [1.82, 2.24) is 9.80 Å². The smallest absolute Gasteiger partial charge is 0.142 e. The van der Waals surface area contributed by atoms with Crippen LogP contribution in [0.1, 0.15) is 18.4 Å². The van der Waals surface area contributed by atoms with Crippen molar-refractivity contribution in [3.8, 4) is 17.2 Å². The number of piperidine rings is 1. The number of rotatable bonds is 6. The van der Waals surface area contributed by atoms with Gasteiger partial charge in [-0.05, 0) is 49.7 Å². The summed E-state index contributed by atoms with van der Waals surface area (Å²) in [6, 6.07) is 14.3. The van der Waals surface area contributed by atoms with E-state index in [1.165, 1.54) is 18.5 Å². The molecule has 1 N–H and O–H groups in total. The van der Waals surface area contributed by atoms with Gasteiger partial charge in [0.15, 0.2) is 0 Å². The third kappa shape index (κ3) is 4.65. The molecule has 162 valence electrons. The van der Waals surface area contributed by atoms with Crippen molar-refractivity contribution in [2.45, 2.75) is 25.4 Å². The van der Waals surface area contributed by atoms with Gasteiger partial charge >= 0.3 is 0 Å². The van der Waals surface area contributed by atoms with Gasteiger partial charge < -0.3 is 19.5 Å². The average Bonchev–Trinajstić information content (AvgIpc) is 2.81. The molecule has 2 aliphatic heterocycles. The van der Waals surface area contributed by atoms with E-state index < -0.39 is 0 Å². The molecule has 2 fully saturated rings. The Morgan fingerprint density at radius 1 is 0.967 bits per heavy atom. The van der Waals surface area contributed by atoms with Crippen LogP contribution in [0.15, 0.2) is 42.5 Å². The number of phenolic OH excluding ortho intramolecular Hbond substituents is 1. The summed E-state index contributed by atoms with van der Waals surface area (Å²) in [6.45, 7) is 7.07. The third-order valence-corrected chi connectivity index (χ3v) is 6.42. The fourth-order valence-electron chi connectivity index (χ4n) is 4.75. The Hall–Kier alpha value is -2.44. The predicted octanol–water partition coefficient (Wildman–Crippen LogP) is 3.20. The number of anilines is 1. The SMILES string of the molecule is COc1ccc(O)c(CN2CCC[C@H](N3CCN(c4ccccc4OC)CC3)C2)c1. The molecule has 4 rings (SSSR count). The first-order valence-corrected chi connectivity index (χ1v) is 10.9. The molecule has 30 heavy (non-hydrogen) atoms. The molecular formula is C24H33N3O3. The summed E-state index contributed by atoms with van der Waals surface area (Å²) in [5.74, 6) is 2.10. The summed E-state index contributed by atoms with van der Waals surface area (Å²) in [5.41, 5.74) is 2.13. The van der Waals surface area contributed by atoms with Crippen LogP contribution in [0.2, 0.25) is 0 Å². The third-order valence-electron chi connectivity index (χ3n) is 6.42. The highest BCUT2D eigenvalue weighted by molar-refractivity contribution is 5.58. The van der Waals surface area contributed by atoms with Crippen molar-refractivity contribution in [3.63, 3.8) is 0 Å². The highest BCUT2D eigenvalue weighted by Crippen LogP contribution is 2.30. The van der Waals surface area contributed by atoms with Gasteiger partial charge in [0.2, 0.25) is 0 Å². The van der Waals surface area contributed by atoms with E-state index in [0.29, 0.717) is 11.8 Å². The zero-order valence-corrected chi connectivity index (χ0v) is 18.1. The lowest BCUT2D eigenvalue weighted by molar-refractivity contribution is 0.0882. The minimum atomic E-state index is 0.350. The number of methoxy groups -OCH3 is 2. The largest absolute Gasteiger partial charge is 0.508 e. The Kier molecular flexibility index (Phi) is 6.65. The Morgan fingerprint density at radius 2 is 1.77 bits per heavy atom. The van der Waals surface area contributed by atoms with E-state index in [-0.39, 0.29) is 0 Å². The number of likely N-dealkylation sites (tertiary alicyclic amines) is 1. The molecule has 0 amide bonds. The molecular weight excluding hydrogens is 378 g/mol. The molecule has 0 bridgehead atoms. The van der Waals surface area contributed by atoms with Crippen molar-refractivity contribution in [1.29, 1.82) is 0 Å². The molecule has 6 heteroatoms. The van der Waals surface area contributed by atoms with Crippen LogP contribution in [-0.4, -0.2) is 74.4 Å². The highest BCUT2D eigenvalue weighted by atomic mass is 16.5. The number of ether oxygens (including phenoxy) is 2. The summed E-state index contributed by atoms with van der Waals surface area (Å²) >= 11 is 0. The van der Waals surface area contributed by atoms with Gasteiger partial charge in [0.25, 0.3) is 0 Å². The number of benzene rings is 2. The quantitative estimate of drug-likeness (QED) is 0.788. The molecule has 2 saturated heterocycles. The van der Waals surface area contributed by atoms with E-state index in [0.717, 1.165) is 62.9 Å². The summed E-state index contributed by atoms with van der Waals surface area (Å²) in [5, 5.41) is 10.2. The molecule has 1 atom stereocenters. The number of hydrogen-bond acceptors (Lipinski definition) is 6. The number of phenols is 1. The van der Waals surface area contributed by atoms with Gasteiger partial charge in [-0.25, -0.2) is 0 Å². The molecule has 0 radical (unpaired) electrons. The molecule has 0 aliphatic carbocycles. The zero-order valence-electron chi connectivity index (χ0n) is 18.1. The molecule has 0 saturated carbocycles. The van der Waals surface area contributed by atoms with Gasteiger partial charge in [0.1, 0.15) is 17.2 Å². The van der Waals surface area contributed by atoms with Gasteiger partial charge in [-0.15, -0.1) is 0 Å². The average molecular weight is 412 g/mol. The number of piperazine rings is 1. The Morgan fingerprint density at radius 3 is 2.53 bits per heavy atom. The molecule has 2 aromatic carbocycles. The van der Waals surface area contributed by atoms with Crippen LogP contribution in [0.25, 0.3) is 0 Å². The van der Waals surface area contributed by atoms with Crippen LogP contribution in [-0.2, 0) is 6.54 Å². The van der Waals surface area contributed by atoms with Crippen LogP contribution >= 0.6 is 0 Å². The van der Waals surface area contributed by atoms with Crippen LogP contribution in [0.5, 0.6) is 17.2 Å². The van der Waals surface area contributed by atoms with Crippen molar-refractivity contribution >= 4 is 5.69 Å². The number of nitrogens with zero attached hydrogens (tertiary/aromatic N) is 3. The fourth-order valence-corrected chi connectivity index (χ4v) is 4.75. The Balaban J connectivity index is 1.34. The normalized spacial score (nSPS) is 20.9. The highest BCUT2D eigenvalue weighted by Gasteiger charge is 2.29. The van der Waals surface area contributed by atoms with E-state index in [2.05, 4.69) is 26.8 Å². The molecule has 2 aliphatic rings. The number of hydrogen-bond donors (Lipinski definition) is 1.